The van der Waals surface area contributed by atoms with E-state index in [0.717, 1.165) is 28.9 Å². The number of rotatable bonds is 4. The summed E-state index contributed by atoms with van der Waals surface area (Å²) in [5.41, 5.74) is 2.09. The van der Waals surface area contributed by atoms with Crippen LogP contribution in [0, 0.1) is 4.77 Å². The molecule has 1 fully saturated rings. The third-order valence-corrected chi connectivity index (χ3v) is 6.84. The Hall–Kier alpha value is -3.30. The average Bonchev–Trinajstić information content (AvgIpc) is 2.88. The number of piperazine rings is 1. The molecule has 4 aromatic rings. The quantitative estimate of drug-likeness (QED) is 0.396. The Balaban J connectivity index is 1.29. The molecule has 2 aromatic heterocycles. The van der Waals surface area contributed by atoms with Gasteiger partial charge in [0.25, 0.3) is 11.5 Å². The molecular weight excluding hydrogens is 514 g/mol. The smallest absolute Gasteiger partial charge is 0.262 e. The lowest BCUT2D eigenvalue weighted by Gasteiger charge is -2.35. The van der Waals surface area contributed by atoms with E-state index in [-0.39, 0.29) is 11.5 Å². The molecule has 0 saturated carbocycles. The summed E-state index contributed by atoms with van der Waals surface area (Å²) in [6.45, 7) is 3.12. The van der Waals surface area contributed by atoms with Crippen molar-refractivity contribution < 1.29 is 4.79 Å². The summed E-state index contributed by atoms with van der Waals surface area (Å²) < 4.78 is 2.74. The lowest BCUT2D eigenvalue weighted by atomic mass is 10.1. The van der Waals surface area contributed by atoms with Crippen LogP contribution in [0.5, 0.6) is 0 Å². The van der Waals surface area contributed by atoms with Gasteiger partial charge in [-0.1, -0.05) is 34.1 Å². The van der Waals surface area contributed by atoms with Crippen LogP contribution in [0.3, 0.4) is 0 Å². The van der Waals surface area contributed by atoms with Crippen LogP contribution in [0.15, 0.2) is 76.1 Å². The second-order valence-corrected chi connectivity index (χ2v) is 9.48. The number of carbonyl (C=O) groups is 1. The van der Waals surface area contributed by atoms with Gasteiger partial charge in [-0.3, -0.25) is 14.2 Å². The molecule has 5 rings (SSSR count). The van der Waals surface area contributed by atoms with Gasteiger partial charge < -0.3 is 14.8 Å². The van der Waals surface area contributed by atoms with Gasteiger partial charge in [-0.05, 0) is 60.2 Å². The number of nitrogens with zero attached hydrogens (tertiary/aromatic N) is 4. The fourth-order valence-corrected chi connectivity index (χ4v) is 4.78. The fraction of sp³-hybridized carbons (Fsp3) is 0.200. The topological polar surface area (TPSA) is 74.2 Å². The van der Waals surface area contributed by atoms with Gasteiger partial charge >= 0.3 is 0 Å². The van der Waals surface area contributed by atoms with E-state index >= 15 is 0 Å². The molecule has 2 aromatic carbocycles. The van der Waals surface area contributed by atoms with Crippen molar-refractivity contribution in [2.24, 2.45) is 0 Å². The van der Waals surface area contributed by atoms with Crippen LogP contribution < -0.4 is 10.5 Å². The molecule has 1 aliphatic rings. The third-order valence-electron chi connectivity index (χ3n) is 6.03. The number of pyridine rings is 1. The molecule has 1 amide bonds. The number of nitrogens with one attached hydrogen (secondary N) is 1. The van der Waals surface area contributed by atoms with Crippen LogP contribution in [0.25, 0.3) is 10.9 Å². The minimum Gasteiger partial charge on any atom is -0.353 e. The first-order chi connectivity index (χ1) is 16.5. The number of carbonyl (C=O) groups excluding carboxylic acids is 1. The summed E-state index contributed by atoms with van der Waals surface area (Å²) in [6, 6.07) is 18.7. The third kappa shape index (κ3) is 4.53. The first-order valence-corrected chi connectivity index (χ1v) is 12.2. The fourth-order valence-electron chi connectivity index (χ4n) is 4.16. The number of hydrogen-bond acceptors (Lipinski definition) is 5. The van der Waals surface area contributed by atoms with E-state index in [1.54, 1.807) is 12.3 Å². The van der Waals surface area contributed by atoms with E-state index in [9.17, 15) is 9.59 Å². The van der Waals surface area contributed by atoms with Gasteiger partial charge in [0, 0.05) is 42.4 Å². The number of aromatic amines is 1. The summed E-state index contributed by atoms with van der Waals surface area (Å²) in [5, 5.41) is 0.569. The van der Waals surface area contributed by atoms with Gasteiger partial charge in [0.2, 0.25) is 0 Å². The number of hydrogen-bond donors (Lipinski definition) is 1. The van der Waals surface area contributed by atoms with Gasteiger partial charge in [0.1, 0.15) is 5.82 Å². The van der Waals surface area contributed by atoms with Crippen molar-refractivity contribution in [1.29, 1.82) is 0 Å². The normalized spacial score (nSPS) is 13.9. The van der Waals surface area contributed by atoms with E-state index < -0.39 is 0 Å². The zero-order chi connectivity index (χ0) is 23.7. The SMILES string of the molecule is O=C(c1ccc(Cn2c(=S)[nH]c3ccc(Br)cc3c2=O)cc1)N1CCN(c2ccccn2)CC1. The second kappa shape index (κ2) is 9.52. The minimum atomic E-state index is -0.147. The Labute approximate surface area is 209 Å². The number of halogens is 1. The Morgan fingerprint density at radius 3 is 2.50 bits per heavy atom. The molecule has 3 heterocycles. The van der Waals surface area contributed by atoms with Gasteiger partial charge in [0.05, 0.1) is 17.4 Å². The molecule has 0 spiro atoms. The van der Waals surface area contributed by atoms with Gasteiger partial charge in [0.15, 0.2) is 4.77 Å². The maximum Gasteiger partial charge on any atom is 0.262 e. The van der Waals surface area contributed by atoms with Crippen LogP contribution in [0.2, 0.25) is 0 Å². The summed E-state index contributed by atoms with van der Waals surface area (Å²) >= 11 is 8.84. The number of H-pyrrole nitrogens is 1. The van der Waals surface area contributed by atoms with E-state index in [4.69, 9.17) is 12.2 Å². The Kier molecular flexibility index (Phi) is 6.30. The Bertz CT molecular complexity index is 1460. The molecule has 0 atom stereocenters. The zero-order valence-corrected chi connectivity index (χ0v) is 20.7. The summed E-state index contributed by atoms with van der Waals surface area (Å²) in [7, 11) is 0. The van der Waals surface area contributed by atoms with Gasteiger partial charge in [-0.25, -0.2) is 4.98 Å². The zero-order valence-electron chi connectivity index (χ0n) is 18.3. The molecular formula is C25H22BrN5O2S. The maximum absolute atomic E-state index is 13.0. The van der Waals surface area contributed by atoms with Crippen molar-refractivity contribution in [2.45, 2.75) is 6.54 Å². The van der Waals surface area contributed by atoms with Crippen molar-refractivity contribution in [2.75, 3.05) is 31.1 Å². The van der Waals surface area contributed by atoms with Crippen molar-refractivity contribution in [3.8, 4) is 0 Å². The summed E-state index contributed by atoms with van der Waals surface area (Å²) in [5.74, 6) is 0.950. The molecule has 1 saturated heterocycles. The molecule has 0 bridgehead atoms. The molecule has 0 radical (unpaired) electrons. The number of aromatic nitrogens is 3. The predicted molar refractivity (Wildman–Crippen MR) is 139 cm³/mol. The highest BCUT2D eigenvalue weighted by molar-refractivity contribution is 9.10. The molecule has 7 nitrogen and oxygen atoms in total. The molecule has 172 valence electrons. The standard InChI is InChI=1S/C25H22BrN5O2S/c26-19-8-9-21-20(15-19)24(33)31(25(34)28-21)16-17-4-6-18(7-5-17)23(32)30-13-11-29(12-14-30)22-3-1-2-10-27-22/h1-10,15H,11-14,16H2,(H,28,34). The van der Waals surface area contributed by atoms with Crippen molar-refractivity contribution >= 4 is 50.8 Å². The maximum atomic E-state index is 13.0. The number of benzene rings is 2. The lowest BCUT2D eigenvalue weighted by Crippen LogP contribution is -2.49. The Morgan fingerprint density at radius 2 is 1.79 bits per heavy atom. The van der Waals surface area contributed by atoms with Crippen LogP contribution in [-0.2, 0) is 6.54 Å². The molecule has 34 heavy (non-hydrogen) atoms. The molecule has 0 unspecified atom stereocenters. The monoisotopic (exact) mass is 535 g/mol. The largest absolute Gasteiger partial charge is 0.353 e. The van der Waals surface area contributed by atoms with Crippen LogP contribution in [-0.4, -0.2) is 51.5 Å². The van der Waals surface area contributed by atoms with Crippen molar-refractivity contribution in [3.63, 3.8) is 0 Å². The predicted octanol–water partition coefficient (Wildman–Crippen LogP) is 4.23. The van der Waals surface area contributed by atoms with Crippen LogP contribution in [0.4, 0.5) is 5.82 Å². The number of fused-ring (bicyclic) bond motifs is 1. The first-order valence-electron chi connectivity index (χ1n) is 11.0. The Morgan fingerprint density at radius 1 is 1.03 bits per heavy atom. The first kappa shape index (κ1) is 22.5. The molecule has 1 aliphatic heterocycles. The average molecular weight is 536 g/mol. The number of amides is 1. The lowest BCUT2D eigenvalue weighted by molar-refractivity contribution is 0.0746. The van der Waals surface area contributed by atoms with E-state index in [2.05, 4.69) is 30.8 Å². The van der Waals surface area contributed by atoms with Crippen molar-refractivity contribution in [3.05, 3.63) is 97.6 Å². The highest BCUT2D eigenvalue weighted by Crippen LogP contribution is 2.17. The molecule has 1 N–H and O–H groups in total. The molecule has 0 aliphatic carbocycles. The van der Waals surface area contributed by atoms with E-state index in [1.165, 1.54) is 4.57 Å². The highest BCUT2D eigenvalue weighted by Gasteiger charge is 2.22. The highest BCUT2D eigenvalue weighted by atomic mass is 79.9. The molecule has 9 heteroatoms. The van der Waals surface area contributed by atoms with Crippen LogP contribution in [0.1, 0.15) is 15.9 Å². The van der Waals surface area contributed by atoms with Crippen molar-refractivity contribution in [1.82, 2.24) is 19.4 Å². The van der Waals surface area contributed by atoms with E-state index in [1.807, 2.05) is 59.5 Å². The van der Waals surface area contributed by atoms with Crippen LogP contribution >= 0.6 is 28.1 Å². The van der Waals surface area contributed by atoms with Gasteiger partial charge in [-0.15, -0.1) is 0 Å². The van der Waals surface area contributed by atoms with Gasteiger partial charge in [-0.2, -0.15) is 0 Å². The van der Waals surface area contributed by atoms with E-state index in [0.29, 0.717) is 40.9 Å². The minimum absolute atomic E-state index is 0.0113. The summed E-state index contributed by atoms with van der Waals surface area (Å²) in [4.78, 5) is 37.6. The number of anilines is 1. The second-order valence-electron chi connectivity index (χ2n) is 8.18. The summed E-state index contributed by atoms with van der Waals surface area (Å²) in [6.07, 6.45) is 1.78.